The number of carbonyl (C=O) groups is 2. The third-order valence-corrected chi connectivity index (χ3v) is 5.71. The lowest BCUT2D eigenvalue weighted by Gasteiger charge is -2.39. The number of nitrogens with zero attached hydrogens (tertiary/aromatic N) is 1. The third-order valence-electron chi connectivity index (χ3n) is 5.71. The van der Waals surface area contributed by atoms with Crippen molar-refractivity contribution < 1.29 is 23.1 Å². The number of likely N-dealkylation sites (tertiary alicyclic amines) is 1. The van der Waals surface area contributed by atoms with Gasteiger partial charge in [0.1, 0.15) is 22.9 Å². The molecule has 2 aliphatic rings. The molecular weight excluding hydrogens is 378 g/mol. The zero-order valence-electron chi connectivity index (χ0n) is 15.9. The second kappa shape index (κ2) is 8.19. The van der Waals surface area contributed by atoms with Gasteiger partial charge in [-0.2, -0.15) is 0 Å². The highest BCUT2D eigenvalue weighted by Crippen LogP contribution is 2.33. The van der Waals surface area contributed by atoms with E-state index >= 15 is 0 Å². The third kappa shape index (κ3) is 4.09. The van der Waals surface area contributed by atoms with Crippen LogP contribution in [0.3, 0.4) is 0 Å². The van der Waals surface area contributed by atoms with Crippen LogP contribution in [0.5, 0.6) is 5.75 Å². The molecule has 0 spiro atoms. The number of nitrogens with one attached hydrogen (secondary N) is 1. The number of carbonyl (C=O) groups excluding carboxylic acids is 2. The minimum atomic E-state index is -0.859. The fraction of sp³-hybridized carbons (Fsp3) is 0.364. The molecule has 29 heavy (non-hydrogen) atoms. The van der Waals surface area contributed by atoms with Gasteiger partial charge in [-0.25, -0.2) is 8.78 Å². The summed E-state index contributed by atoms with van der Waals surface area (Å²) in [4.78, 5) is 26.7. The SMILES string of the molecule is O=C1C[C@@H]2CCN(C(=O)c3c(F)cccc3F)C[C@@H]2CCOc2ccccc2N1. The zero-order valence-corrected chi connectivity index (χ0v) is 15.9. The molecule has 2 amide bonds. The van der Waals surface area contributed by atoms with Crippen LogP contribution in [-0.2, 0) is 4.79 Å². The first-order valence-electron chi connectivity index (χ1n) is 9.78. The van der Waals surface area contributed by atoms with E-state index in [0.717, 1.165) is 12.1 Å². The number of hydrogen-bond acceptors (Lipinski definition) is 3. The average Bonchev–Trinajstić information content (AvgIpc) is 2.70. The number of amides is 2. The maximum absolute atomic E-state index is 14.0. The van der Waals surface area contributed by atoms with Crippen LogP contribution < -0.4 is 10.1 Å². The molecule has 2 aromatic rings. The summed E-state index contributed by atoms with van der Waals surface area (Å²) in [5, 5.41) is 2.89. The van der Waals surface area contributed by atoms with Gasteiger partial charge in [-0.05, 0) is 48.9 Å². The van der Waals surface area contributed by atoms with Crippen LogP contribution >= 0.6 is 0 Å². The first kappa shape index (κ1) is 19.4. The summed E-state index contributed by atoms with van der Waals surface area (Å²) in [5.74, 6) is -1.76. The molecule has 152 valence electrons. The molecule has 0 saturated carbocycles. The number of ether oxygens (including phenoxy) is 1. The molecule has 0 bridgehead atoms. The number of piperidine rings is 1. The molecule has 5 nitrogen and oxygen atoms in total. The van der Waals surface area contributed by atoms with Crippen molar-refractivity contribution in [2.24, 2.45) is 11.8 Å². The second-order valence-electron chi connectivity index (χ2n) is 7.54. The highest BCUT2D eigenvalue weighted by atomic mass is 19.1. The van der Waals surface area contributed by atoms with Crippen molar-refractivity contribution in [2.75, 3.05) is 25.0 Å². The molecule has 1 saturated heterocycles. The van der Waals surface area contributed by atoms with Crippen LogP contribution in [-0.4, -0.2) is 36.4 Å². The van der Waals surface area contributed by atoms with Crippen molar-refractivity contribution >= 4 is 17.5 Å². The number of para-hydroxylation sites is 2. The van der Waals surface area contributed by atoms with Crippen molar-refractivity contribution in [3.63, 3.8) is 0 Å². The van der Waals surface area contributed by atoms with Gasteiger partial charge >= 0.3 is 0 Å². The molecule has 0 aromatic heterocycles. The molecule has 2 heterocycles. The van der Waals surface area contributed by atoms with Crippen LogP contribution in [0.1, 0.15) is 29.6 Å². The molecule has 4 rings (SSSR count). The number of rotatable bonds is 1. The van der Waals surface area contributed by atoms with E-state index in [1.807, 2.05) is 12.1 Å². The fourth-order valence-corrected chi connectivity index (χ4v) is 4.18. The summed E-state index contributed by atoms with van der Waals surface area (Å²) in [6.45, 7) is 1.14. The largest absolute Gasteiger partial charge is 0.491 e. The molecular formula is C22H22F2N2O3. The number of anilines is 1. The highest BCUT2D eigenvalue weighted by molar-refractivity contribution is 5.95. The Balaban J connectivity index is 1.51. The van der Waals surface area contributed by atoms with Gasteiger partial charge in [0.05, 0.1) is 12.3 Å². The van der Waals surface area contributed by atoms with Crippen molar-refractivity contribution in [3.05, 3.63) is 59.7 Å². The van der Waals surface area contributed by atoms with E-state index in [0.29, 0.717) is 50.4 Å². The van der Waals surface area contributed by atoms with Crippen LogP contribution in [0, 0.1) is 23.5 Å². The maximum atomic E-state index is 14.0. The lowest BCUT2D eigenvalue weighted by atomic mass is 9.80. The van der Waals surface area contributed by atoms with Gasteiger partial charge in [-0.1, -0.05) is 18.2 Å². The van der Waals surface area contributed by atoms with Crippen LogP contribution in [0.15, 0.2) is 42.5 Å². The highest BCUT2D eigenvalue weighted by Gasteiger charge is 2.35. The fourth-order valence-electron chi connectivity index (χ4n) is 4.18. The van der Waals surface area contributed by atoms with Crippen molar-refractivity contribution in [1.29, 1.82) is 0 Å². The van der Waals surface area contributed by atoms with Crippen LogP contribution in [0.4, 0.5) is 14.5 Å². The van der Waals surface area contributed by atoms with E-state index < -0.39 is 23.1 Å². The van der Waals surface area contributed by atoms with E-state index in [1.54, 1.807) is 12.1 Å². The monoisotopic (exact) mass is 400 g/mol. The number of hydrogen-bond donors (Lipinski definition) is 1. The molecule has 7 heteroatoms. The summed E-state index contributed by atoms with van der Waals surface area (Å²) in [7, 11) is 0. The minimum absolute atomic E-state index is 0.0125. The number of fused-ring (bicyclic) bond motifs is 2. The van der Waals surface area contributed by atoms with Gasteiger partial charge in [0, 0.05) is 19.5 Å². The Morgan fingerprint density at radius 1 is 1.03 bits per heavy atom. The first-order chi connectivity index (χ1) is 14.0. The van der Waals surface area contributed by atoms with Crippen molar-refractivity contribution in [2.45, 2.75) is 19.3 Å². The van der Waals surface area contributed by atoms with Crippen LogP contribution in [0.25, 0.3) is 0 Å². The van der Waals surface area contributed by atoms with Crippen molar-refractivity contribution in [1.82, 2.24) is 4.90 Å². The summed E-state index contributed by atoms with van der Waals surface area (Å²) in [6.07, 6.45) is 1.59. The Morgan fingerprint density at radius 2 is 1.79 bits per heavy atom. The predicted molar refractivity (Wildman–Crippen MR) is 104 cm³/mol. The number of halogens is 2. The molecule has 0 radical (unpaired) electrons. The Kier molecular flexibility index (Phi) is 5.47. The standard InChI is InChI=1S/C22H22F2N2O3/c23-16-4-3-5-17(24)21(16)22(28)26-10-8-14-12-20(27)25-18-6-1-2-7-19(18)29-11-9-15(14)13-26/h1-7,14-15H,8-13H2,(H,25,27)/t14-,15-/m0/s1. The smallest absolute Gasteiger partial charge is 0.259 e. The lowest BCUT2D eigenvalue weighted by Crippen LogP contribution is -2.45. The molecule has 1 fully saturated rings. The van der Waals surface area contributed by atoms with Gasteiger partial charge in [-0.3, -0.25) is 9.59 Å². The van der Waals surface area contributed by atoms with Gasteiger partial charge in [0.2, 0.25) is 5.91 Å². The molecule has 0 aliphatic carbocycles. The zero-order chi connectivity index (χ0) is 20.4. The maximum Gasteiger partial charge on any atom is 0.259 e. The van der Waals surface area contributed by atoms with E-state index in [2.05, 4.69) is 5.32 Å². The molecule has 2 aromatic carbocycles. The lowest BCUT2D eigenvalue weighted by molar-refractivity contribution is -0.118. The van der Waals surface area contributed by atoms with Gasteiger partial charge in [-0.15, -0.1) is 0 Å². The molecule has 0 unspecified atom stereocenters. The van der Waals surface area contributed by atoms with Gasteiger partial charge in [0.15, 0.2) is 0 Å². The summed E-state index contributed by atoms with van der Waals surface area (Å²) >= 11 is 0. The van der Waals surface area contributed by atoms with Crippen LogP contribution in [0.2, 0.25) is 0 Å². The van der Waals surface area contributed by atoms with Gasteiger partial charge < -0.3 is 15.0 Å². The Bertz CT molecular complexity index is 914. The molecule has 1 N–H and O–H groups in total. The number of benzene rings is 2. The Labute approximate surface area is 167 Å². The quantitative estimate of drug-likeness (QED) is 0.791. The topological polar surface area (TPSA) is 58.6 Å². The first-order valence-corrected chi connectivity index (χ1v) is 9.78. The van der Waals surface area contributed by atoms with Crippen molar-refractivity contribution in [3.8, 4) is 5.75 Å². The second-order valence-corrected chi connectivity index (χ2v) is 7.54. The minimum Gasteiger partial charge on any atom is -0.491 e. The molecule has 2 atom stereocenters. The van der Waals surface area contributed by atoms with E-state index in [1.165, 1.54) is 11.0 Å². The normalized spacial score (nSPS) is 22.0. The van der Waals surface area contributed by atoms with E-state index in [-0.39, 0.29) is 17.7 Å². The summed E-state index contributed by atoms with van der Waals surface area (Å²) in [6, 6.07) is 10.7. The van der Waals surface area contributed by atoms with E-state index in [9.17, 15) is 18.4 Å². The Morgan fingerprint density at radius 3 is 2.59 bits per heavy atom. The average molecular weight is 400 g/mol. The summed E-state index contributed by atoms with van der Waals surface area (Å²) in [5.41, 5.74) is 0.132. The predicted octanol–water partition coefficient (Wildman–Crippen LogP) is 3.85. The Hall–Kier alpha value is -2.96. The summed E-state index contributed by atoms with van der Waals surface area (Å²) < 4.78 is 33.9. The van der Waals surface area contributed by atoms with Gasteiger partial charge in [0.25, 0.3) is 5.91 Å². The molecule has 2 aliphatic heterocycles. The van der Waals surface area contributed by atoms with E-state index in [4.69, 9.17) is 4.74 Å².